The number of amides is 2. The van der Waals surface area contributed by atoms with E-state index < -0.39 is 0 Å². The van der Waals surface area contributed by atoms with Crippen molar-refractivity contribution in [1.29, 1.82) is 0 Å². The van der Waals surface area contributed by atoms with E-state index in [1.54, 1.807) is 0 Å². The third kappa shape index (κ3) is 3.62. The Bertz CT molecular complexity index is 686. The van der Waals surface area contributed by atoms with Crippen LogP contribution in [0.1, 0.15) is 51.9 Å². The maximum Gasteiger partial charge on any atom is 0.224 e. The molecule has 0 heterocycles. The Hall–Kier alpha value is -1.36. The number of nitrogens with one attached hydrogen (secondary N) is 2. The minimum atomic E-state index is -0.0951. The summed E-state index contributed by atoms with van der Waals surface area (Å²) in [5.74, 6) is 1.61. The molecular weight excluding hydrogens is 380 g/mol. The van der Waals surface area contributed by atoms with Gasteiger partial charge >= 0.3 is 0 Å². The number of anilines is 2. The summed E-state index contributed by atoms with van der Waals surface area (Å²) >= 11 is 4.01. The number of hydrogen-bond acceptors (Lipinski definition) is 2. The molecule has 1 aromatic rings. The minimum absolute atomic E-state index is 0.0951. The van der Waals surface area contributed by atoms with Gasteiger partial charge < -0.3 is 10.6 Å². The van der Waals surface area contributed by atoms with Gasteiger partial charge in [0.05, 0.1) is 0 Å². The van der Waals surface area contributed by atoms with Crippen LogP contribution in [0, 0.1) is 17.3 Å². The largest absolute Gasteiger partial charge is 0.326 e. The minimum Gasteiger partial charge on any atom is -0.326 e. The Morgan fingerprint density at radius 3 is 2.12 bits per heavy atom. The van der Waals surface area contributed by atoms with E-state index in [0.29, 0.717) is 6.42 Å². The van der Waals surface area contributed by atoms with E-state index in [0.717, 1.165) is 29.6 Å². The highest BCUT2D eigenvalue weighted by Crippen LogP contribution is 2.65. The van der Waals surface area contributed by atoms with Crippen molar-refractivity contribution in [3.63, 3.8) is 0 Å². The lowest BCUT2D eigenvalue weighted by Gasteiger charge is -2.60. The Labute approximate surface area is 157 Å². The molecule has 4 aliphatic rings. The normalized spacial score (nSPS) is 35.4. The zero-order valence-corrected chi connectivity index (χ0v) is 16.2. The molecule has 4 saturated carbocycles. The number of rotatable bonds is 4. The fourth-order valence-electron chi connectivity index (χ4n) is 5.93. The zero-order valence-electron chi connectivity index (χ0n) is 14.6. The summed E-state index contributed by atoms with van der Waals surface area (Å²) in [6, 6.07) is 7.31. The molecule has 4 bridgehead atoms. The molecule has 134 valence electrons. The second-order valence-electron chi connectivity index (χ2n) is 8.60. The maximum absolute atomic E-state index is 12.7. The Morgan fingerprint density at radius 2 is 1.60 bits per heavy atom. The monoisotopic (exact) mass is 404 g/mol. The van der Waals surface area contributed by atoms with Crippen LogP contribution in [-0.4, -0.2) is 16.1 Å². The van der Waals surface area contributed by atoms with Crippen LogP contribution in [0.2, 0.25) is 0 Å². The second kappa shape index (κ2) is 6.11. The van der Waals surface area contributed by atoms with Gasteiger partial charge in [0.25, 0.3) is 0 Å². The topological polar surface area (TPSA) is 58.2 Å². The molecular formula is C20H25BrN2O2. The Balaban J connectivity index is 1.40. The molecule has 0 radical (unpaired) electrons. The number of carbonyl (C=O) groups is 2. The molecule has 4 nitrogen and oxygen atoms in total. The number of alkyl halides is 1. The van der Waals surface area contributed by atoms with Crippen LogP contribution < -0.4 is 10.6 Å². The van der Waals surface area contributed by atoms with Crippen molar-refractivity contribution in [2.24, 2.45) is 17.3 Å². The molecule has 4 fully saturated rings. The summed E-state index contributed by atoms with van der Waals surface area (Å²) in [6.45, 7) is 1.48. The van der Waals surface area contributed by atoms with Crippen molar-refractivity contribution in [3.8, 4) is 0 Å². The molecule has 0 aromatic heterocycles. The molecule has 25 heavy (non-hydrogen) atoms. The van der Waals surface area contributed by atoms with Crippen LogP contribution in [0.25, 0.3) is 0 Å². The first kappa shape index (κ1) is 17.1. The highest BCUT2D eigenvalue weighted by molar-refractivity contribution is 9.10. The summed E-state index contributed by atoms with van der Waals surface area (Å²) in [5, 5.41) is 5.78. The van der Waals surface area contributed by atoms with Crippen LogP contribution in [0.3, 0.4) is 0 Å². The molecule has 4 aliphatic carbocycles. The summed E-state index contributed by atoms with van der Waals surface area (Å²) in [7, 11) is 0. The van der Waals surface area contributed by atoms with Gasteiger partial charge in [0.15, 0.2) is 0 Å². The fraction of sp³-hybridized carbons (Fsp3) is 0.600. The van der Waals surface area contributed by atoms with E-state index in [2.05, 4.69) is 26.6 Å². The highest BCUT2D eigenvalue weighted by Gasteiger charge is 2.57. The van der Waals surface area contributed by atoms with Gasteiger partial charge in [0.1, 0.15) is 0 Å². The standard InChI is InChI=1S/C20H25BrN2O2/c1-13(24)22-16-2-4-17(5-3-16)23-18(25)11-19-7-14-6-15(8-19)10-20(21,9-14)12-19/h2-5,14-15H,6-12H2,1H3,(H,22,24)(H,23,25)/t14-,15+,19?,20?. The zero-order chi connectivity index (χ0) is 17.7. The molecule has 0 spiro atoms. The molecule has 0 saturated heterocycles. The molecule has 0 aliphatic heterocycles. The van der Waals surface area contributed by atoms with Crippen LogP contribution >= 0.6 is 15.9 Å². The van der Waals surface area contributed by atoms with E-state index in [-0.39, 0.29) is 21.6 Å². The molecule has 5 heteroatoms. The predicted molar refractivity (Wildman–Crippen MR) is 103 cm³/mol. The molecule has 2 N–H and O–H groups in total. The second-order valence-corrected chi connectivity index (χ2v) is 10.3. The van der Waals surface area contributed by atoms with Gasteiger partial charge in [0.2, 0.25) is 11.8 Å². The van der Waals surface area contributed by atoms with Crippen molar-refractivity contribution in [1.82, 2.24) is 0 Å². The van der Waals surface area contributed by atoms with Crippen LogP contribution in [-0.2, 0) is 9.59 Å². The van der Waals surface area contributed by atoms with Crippen molar-refractivity contribution >= 4 is 39.1 Å². The molecule has 2 unspecified atom stereocenters. The smallest absolute Gasteiger partial charge is 0.224 e. The van der Waals surface area contributed by atoms with E-state index in [1.165, 1.54) is 39.0 Å². The summed E-state index contributed by atoms with van der Waals surface area (Å²) in [5.41, 5.74) is 1.72. The summed E-state index contributed by atoms with van der Waals surface area (Å²) in [4.78, 5) is 23.7. The first-order valence-electron chi connectivity index (χ1n) is 9.20. The lowest BCUT2D eigenvalue weighted by molar-refractivity contribution is -0.123. The van der Waals surface area contributed by atoms with Crippen LogP contribution in [0.5, 0.6) is 0 Å². The Morgan fingerprint density at radius 1 is 1.04 bits per heavy atom. The fourth-order valence-corrected chi connectivity index (χ4v) is 7.44. The third-order valence-corrected chi connectivity index (χ3v) is 7.06. The first-order valence-corrected chi connectivity index (χ1v) is 9.99. The SMILES string of the molecule is CC(=O)Nc1ccc(NC(=O)CC23C[C@@H]4C[C@@H](CC(Br)(C4)C2)C3)cc1. The molecule has 4 atom stereocenters. The lowest BCUT2D eigenvalue weighted by Crippen LogP contribution is -2.53. The van der Waals surface area contributed by atoms with Crippen molar-refractivity contribution < 1.29 is 9.59 Å². The van der Waals surface area contributed by atoms with Gasteiger partial charge in [-0.3, -0.25) is 9.59 Å². The average Bonchev–Trinajstić information content (AvgIpc) is 2.45. The number of carbonyl (C=O) groups excluding carboxylic acids is 2. The summed E-state index contributed by atoms with van der Waals surface area (Å²) in [6.07, 6.45) is 8.14. The van der Waals surface area contributed by atoms with E-state index in [9.17, 15) is 9.59 Å². The van der Waals surface area contributed by atoms with Gasteiger partial charge in [-0.1, -0.05) is 15.9 Å². The van der Waals surface area contributed by atoms with E-state index in [1.807, 2.05) is 24.3 Å². The molecule has 1 aromatic carbocycles. The van der Waals surface area contributed by atoms with Gasteiger partial charge in [-0.05, 0) is 80.0 Å². The van der Waals surface area contributed by atoms with Crippen LogP contribution in [0.15, 0.2) is 24.3 Å². The van der Waals surface area contributed by atoms with E-state index in [4.69, 9.17) is 0 Å². The van der Waals surface area contributed by atoms with Gasteiger partial charge in [-0.15, -0.1) is 0 Å². The van der Waals surface area contributed by atoms with E-state index >= 15 is 0 Å². The quantitative estimate of drug-likeness (QED) is 0.713. The molecule has 2 amide bonds. The van der Waals surface area contributed by atoms with Crippen molar-refractivity contribution in [3.05, 3.63) is 24.3 Å². The highest BCUT2D eigenvalue weighted by atomic mass is 79.9. The average molecular weight is 405 g/mol. The lowest BCUT2D eigenvalue weighted by atomic mass is 9.48. The molecule has 5 rings (SSSR count). The maximum atomic E-state index is 12.7. The van der Waals surface area contributed by atoms with Gasteiger partial charge in [0, 0.05) is 29.0 Å². The first-order chi connectivity index (χ1) is 11.8. The predicted octanol–water partition coefficient (Wildman–Crippen LogP) is 4.71. The summed E-state index contributed by atoms with van der Waals surface area (Å²) < 4.78 is 0.289. The Kier molecular flexibility index (Phi) is 4.18. The van der Waals surface area contributed by atoms with Gasteiger partial charge in [-0.25, -0.2) is 0 Å². The van der Waals surface area contributed by atoms with Crippen molar-refractivity contribution in [2.75, 3.05) is 10.6 Å². The number of hydrogen-bond donors (Lipinski definition) is 2. The number of benzene rings is 1. The number of halogens is 1. The third-order valence-electron chi connectivity index (χ3n) is 6.14. The van der Waals surface area contributed by atoms with Crippen molar-refractivity contribution in [2.45, 2.75) is 56.2 Å². The van der Waals surface area contributed by atoms with Gasteiger partial charge in [-0.2, -0.15) is 0 Å². The van der Waals surface area contributed by atoms with Crippen LogP contribution in [0.4, 0.5) is 11.4 Å².